The summed E-state index contributed by atoms with van der Waals surface area (Å²) >= 11 is 0. The molecule has 0 radical (unpaired) electrons. The molecule has 0 aliphatic carbocycles. The van der Waals surface area contributed by atoms with Crippen LogP contribution in [0.4, 0.5) is 21.9 Å². The van der Waals surface area contributed by atoms with Crippen LogP contribution in [0.3, 0.4) is 0 Å². The lowest BCUT2D eigenvalue weighted by Gasteiger charge is -2.35. The average Bonchev–Trinajstić information content (AvgIpc) is 3.12. The molecule has 0 bridgehead atoms. The summed E-state index contributed by atoms with van der Waals surface area (Å²) in [4.78, 5) is 37.5. The van der Waals surface area contributed by atoms with Crippen LogP contribution in [0, 0.1) is 13.8 Å². The van der Waals surface area contributed by atoms with E-state index in [2.05, 4.69) is 20.5 Å². The second kappa shape index (κ2) is 18.8. The van der Waals surface area contributed by atoms with E-state index in [1.807, 2.05) is 86.6 Å². The molecule has 1 fully saturated rings. The Kier molecular flexibility index (Phi) is 13.7. The van der Waals surface area contributed by atoms with Gasteiger partial charge in [-0.2, -0.15) is 0 Å². The maximum absolute atomic E-state index is 14.2. The van der Waals surface area contributed by atoms with Crippen molar-refractivity contribution in [2.75, 3.05) is 63.3 Å². The van der Waals surface area contributed by atoms with Crippen LogP contribution in [0.25, 0.3) is 0 Å². The third kappa shape index (κ3) is 10.3. The summed E-state index contributed by atoms with van der Waals surface area (Å²) in [5, 5.41) is 6.25. The first-order valence-corrected chi connectivity index (χ1v) is 17.5. The summed E-state index contributed by atoms with van der Waals surface area (Å²) < 4.78 is 17.4. The van der Waals surface area contributed by atoms with Crippen molar-refractivity contribution in [3.8, 4) is 5.75 Å². The summed E-state index contributed by atoms with van der Waals surface area (Å²) in [6.45, 7) is 9.01. The highest BCUT2D eigenvalue weighted by molar-refractivity contribution is 5.99. The number of methoxy groups -OCH3 is 1. The van der Waals surface area contributed by atoms with Gasteiger partial charge < -0.3 is 34.6 Å². The number of para-hydroxylation sites is 2. The third-order valence-corrected chi connectivity index (χ3v) is 8.74. The number of benzene rings is 3. The molecule has 0 spiro atoms. The largest absolute Gasteiger partial charge is 0.493 e. The quantitative estimate of drug-likeness (QED) is 0.173. The van der Waals surface area contributed by atoms with Gasteiger partial charge in [-0.05, 0) is 87.7 Å². The van der Waals surface area contributed by atoms with E-state index in [1.165, 1.54) is 32.4 Å². The van der Waals surface area contributed by atoms with Gasteiger partial charge in [-0.1, -0.05) is 48.9 Å². The number of carbonyl (C=O) groups is 2. The van der Waals surface area contributed by atoms with Crippen molar-refractivity contribution < 1.29 is 23.8 Å². The smallest absolute Gasteiger partial charge is 0.421 e. The van der Waals surface area contributed by atoms with E-state index in [4.69, 9.17) is 14.2 Å². The fourth-order valence-electron chi connectivity index (χ4n) is 6.20. The molecule has 5 rings (SSSR count). The van der Waals surface area contributed by atoms with Crippen LogP contribution in [0.2, 0.25) is 0 Å². The minimum absolute atomic E-state index is 0.145. The molecule has 1 atom stereocenters. The van der Waals surface area contributed by atoms with Crippen molar-refractivity contribution in [1.82, 2.24) is 15.1 Å². The van der Waals surface area contributed by atoms with Crippen molar-refractivity contribution in [3.05, 3.63) is 96.2 Å². The number of aryl methyl sites for hydroxylation is 2. The summed E-state index contributed by atoms with van der Waals surface area (Å²) in [5.41, 5.74) is 4.07. The number of rotatable bonds is 15. The Hall–Kier alpha value is -4.87. The van der Waals surface area contributed by atoms with Crippen LogP contribution >= 0.6 is 0 Å². The molecular weight excluding hydrogens is 632 g/mol. The van der Waals surface area contributed by atoms with Crippen LogP contribution in [-0.4, -0.2) is 87.0 Å². The maximum atomic E-state index is 14.2. The molecule has 0 aromatic heterocycles. The Morgan fingerprint density at radius 1 is 0.920 bits per heavy atom. The fourth-order valence-corrected chi connectivity index (χ4v) is 6.20. The zero-order chi connectivity index (χ0) is 35.1. The van der Waals surface area contributed by atoms with E-state index >= 15 is 0 Å². The van der Waals surface area contributed by atoms with Crippen LogP contribution < -0.4 is 20.3 Å². The zero-order valence-corrected chi connectivity index (χ0v) is 29.5. The first kappa shape index (κ1) is 36.4. The Balaban J connectivity index is 1.31. The van der Waals surface area contributed by atoms with Crippen molar-refractivity contribution in [2.45, 2.75) is 52.2 Å². The Bertz CT molecular complexity index is 1590. The number of amides is 2. The highest BCUT2D eigenvalue weighted by Crippen LogP contribution is 2.33. The Morgan fingerprint density at radius 3 is 2.44 bits per heavy atom. The molecule has 1 unspecified atom stereocenters. The summed E-state index contributed by atoms with van der Waals surface area (Å²) in [5.74, 6) is 1.04. The van der Waals surface area contributed by atoms with Gasteiger partial charge in [0.05, 0.1) is 24.6 Å². The summed E-state index contributed by atoms with van der Waals surface area (Å²) in [7, 11) is 1.59. The summed E-state index contributed by atoms with van der Waals surface area (Å²) in [6, 6.07) is 23.1. The Morgan fingerprint density at radius 2 is 1.68 bits per heavy atom. The van der Waals surface area contributed by atoms with Gasteiger partial charge in [0.25, 0.3) is 0 Å². The summed E-state index contributed by atoms with van der Waals surface area (Å²) in [6.07, 6.45) is 6.91. The number of hydrogen-bond acceptors (Lipinski definition) is 9. The average molecular weight is 683 g/mol. The maximum Gasteiger partial charge on any atom is 0.421 e. The van der Waals surface area contributed by atoms with E-state index in [0.29, 0.717) is 31.4 Å². The van der Waals surface area contributed by atoms with E-state index in [1.54, 1.807) is 29.2 Å². The normalized spacial score (nSPS) is 16.0. The van der Waals surface area contributed by atoms with Gasteiger partial charge in [0.2, 0.25) is 18.1 Å². The molecule has 266 valence electrons. The molecular formula is C39H50N6O5. The molecule has 2 heterocycles. The Labute approximate surface area is 295 Å². The molecule has 3 aromatic rings. The number of anilines is 3. The van der Waals surface area contributed by atoms with Crippen LogP contribution in [0.15, 0.2) is 90.1 Å². The number of carbonyl (C=O) groups excluding carboxylic acids is 2. The van der Waals surface area contributed by atoms with Crippen LogP contribution in [-0.2, 0) is 14.3 Å². The standard InChI is InChI=1S/C39H50N6O5/c1-30-13-10-14-31(2)37(30)45(33-16-6-4-7-17-33)39(47)50-36-19-21-41-38(44(36)26-20-35(46)40-22-28-48-3)42-32-15-11-18-34(29-32)49-27-12-25-43-23-8-5-9-24-43/h4,6-7,10-11,13-19,21,29,36H,5,8-9,12,20,22-28H2,1-3H3,(H,40,46)(H,41,42). The first-order chi connectivity index (χ1) is 24.4. The molecule has 11 heteroatoms. The van der Waals surface area contributed by atoms with E-state index in [-0.39, 0.29) is 18.9 Å². The molecule has 2 amide bonds. The lowest BCUT2D eigenvalue weighted by Crippen LogP contribution is -2.49. The molecule has 2 aliphatic rings. The number of nitrogens with zero attached hydrogens (tertiary/aromatic N) is 4. The third-order valence-electron chi connectivity index (χ3n) is 8.74. The topological polar surface area (TPSA) is 108 Å². The first-order valence-electron chi connectivity index (χ1n) is 17.5. The number of ether oxygens (including phenoxy) is 3. The number of likely N-dealkylation sites (tertiary alicyclic amines) is 1. The van der Waals surface area contributed by atoms with Gasteiger partial charge in [0.15, 0.2) is 0 Å². The number of nitrogens with one attached hydrogen (secondary N) is 2. The molecule has 2 N–H and O–H groups in total. The van der Waals surface area contributed by atoms with E-state index < -0.39 is 12.3 Å². The highest BCUT2D eigenvalue weighted by atomic mass is 16.6. The van der Waals surface area contributed by atoms with Gasteiger partial charge in [-0.25, -0.2) is 14.7 Å². The number of piperidine rings is 1. The van der Waals surface area contributed by atoms with Crippen molar-refractivity contribution >= 4 is 35.0 Å². The molecule has 1 saturated heterocycles. The SMILES string of the molecule is COCCNC(=O)CCN1C(Nc2cccc(OCCCN3CCCCC3)c2)=NC=CC1OC(=O)N(c1ccccc1)c1c(C)cccc1C. The van der Waals surface area contributed by atoms with Crippen LogP contribution in [0.5, 0.6) is 5.75 Å². The van der Waals surface area contributed by atoms with Gasteiger partial charge in [-0.3, -0.25) is 4.79 Å². The monoisotopic (exact) mass is 682 g/mol. The minimum Gasteiger partial charge on any atom is -0.493 e. The van der Waals surface area contributed by atoms with Gasteiger partial charge >= 0.3 is 6.09 Å². The van der Waals surface area contributed by atoms with E-state index in [0.717, 1.165) is 41.2 Å². The minimum atomic E-state index is -0.848. The predicted molar refractivity (Wildman–Crippen MR) is 198 cm³/mol. The van der Waals surface area contributed by atoms with Gasteiger partial charge in [-0.15, -0.1) is 0 Å². The highest BCUT2D eigenvalue weighted by Gasteiger charge is 2.31. The lowest BCUT2D eigenvalue weighted by atomic mass is 10.1. The molecule has 11 nitrogen and oxygen atoms in total. The zero-order valence-electron chi connectivity index (χ0n) is 29.5. The van der Waals surface area contributed by atoms with Crippen molar-refractivity contribution in [1.29, 1.82) is 0 Å². The van der Waals surface area contributed by atoms with E-state index in [9.17, 15) is 9.59 Å². The number of hydrogen-bond donors (Lipinski definition) is 2. The predicted octanol–water partition coefficient (Wildman–Crippen LogP) is 6.61. The molecule has 3 aromatic carbocycles. The van der Waals surface area contributed by atoms with Crippen LogP contribution in [0.1, 0.15) is 43.2 Å². The number of guanidine groups is 1. The number of aliphatic imine (C=N–C) groups is 1. The lowest BCUT2D eigenvalue weighted by molar-refractivity contribution is -0.121. The molecule has 2 aliphatic heterocycles. The fraction of sp³-hybridized carbons (Fsp3) is 0.410. The molecule has 0 saturated carbocycles. The van der Waals surface area contributed by atoms with Gasteiger partial charge in [0.1, 0.15) is 5.75 Å². The molecule has 50 heavy (non-hydrogen) atoms. The second-order valence-corrected chi connectivity index (χ2v) is 12.5. The van der Waals surface area contributed by atoms with Gasteiger partial charge in [0, 0.05) is 51.1 Å². The second-order valence-electron chi connectivity index (χ2n) is 12.5. The van der Waals surface area contributed by atoms with Crippen molar-refractivity contribution in [2.24, 2.45) is 4.99 Å². The van der Waals surface area contributed by atoms with Crippen molar-refractivity contribution in [3.63, 3.8) is 0 Å².